The van der Waals surface area contributed by atoms with Crippen LogP contribution < -0.4 is 14.5 Å². The lowest BCUT2D eigenvalue weighted by atomic mass is 9.78. The maximum absolute atomic E-state index is 13.9. The first-order valence-corrected chi connectivity index (χ1v) is 11.4. The monoisotopic (exact) mass is 498 g/mol. The zero-order valence-corrected chi connectivity index (χ0v) is 18.7. The van der Waals surface area contributed by atoms with Crippen molar-refractivity contribution in [3.63, 3.8) is 0 Å². The Morgan fingerprint density at radius 2 is 1.77 bits per heavy atom. The molecule has 0 bridgehead atoms. The molecule has 0 aliphatic carbocycles. The van der Waals surface area contributed by atoms with E-state index in [1.165, 1.54) is 12.1 Å². The molecule has 7 nitrogen and oxygen atoms in total. The lowest BCUT2D eigenvalue weighted by molar-refractivity contribution is -0.145. The summed E-state index contributed by atoms with van der Waals surface area (Å²) in [6.45, 7) is 1.18. The van der Waals surface area contributed by atoms with Crippen LogP contribution in [0.1, 0.15) is 37.9 Å². The molecule has 0 atom stereocenters. The molecule has 0 saturated carbocycles. The molecule has 2 aromatic rings. The van der Waals surface area contributed by atoms with Gasteiger partial charge in [-0.25, -0.2) is 13.8 Å². The van der Waals surface area contributed by atoms with Gasteiger partial charge in [0.2, 0.25) is 17.6 Å². The third kappa shape index (κ3) is 4.63. The number of carbonyl (C=O) groups excluding carboxylic acids is 1. The van der Waals surface area contributed by atoms with Gasteiger partial charge in [0.15, 0.2) is 11.6 Å². The van der Waals surface area contributed by atoms with Crippen molar-refractivity contribution in [1.82, 2.24) is 9.97 Å². The van der Waals surface area contributed by atoms with Crippen LogP contribution in [0.15, 0.2) is 24.3 Å². The van der Waals surface area contributed by atoms with Gasteiger partial charge in [-0.05, 0) is 37.8 Å². The van der Waals surface area contributed by atoms with Gasteiger partial charge in [0, 0.05) is 37.3 Å². The number of amides is 1. The van der Waals surface area contributed by atoms with Crippen molar-refractivity contribution in [3.05, 3.63) is 41.7 Å². The molecule has 188 valence electrons. The normalized spacial score (nSPS) is 20.8. The van der Waals surface area contributed by atoms with Crippen LogP contribution in [0, 0.1) is 11.6 Å². The molecule has 0 unspecified atom stereocenters. The van der Waals surface area contributed by atoms with Gasteiger partial charge in [0.25, 0.3) is 0 Å². The fraction of sp³-hybridized carbons (Fsp3) is 0.522. The van der Waals surface area contributed by atoms with E-state index in [2.05, 4.69) is 9.97 Å². The van der Waals surface area contributed by atoms with Crippen LogP contribution in [0.2, 0.25) is 0 Å². The van der Waals surface area contributed by atoms with Crippen LogP contribution in [0.3, 0.4) is 0 Å². The number of halogens is 5. The van der Waals surface area contributed by atoms with Crippen molar-refractivity contribution in [3.8, 4) is 5.88 Å². The van der Waals surface area contributed by atoms with Crippen LogP contribution in [-0.2, 0) is 15.7 Å². The Balaban J connectivity index is 1.40. The fourth-order valence-electron chi connectivity index (χ4n) is 4.94. The van der Waals surface area contributed by atoms with Crippen molar-refractivity contribution in [2.75, 3.05) is 36.1 Å². The molecule has 5 rings (SSSR count). The molecular formula is C23H23F5N4O3. The van der Waals surface area contributed by atoms with E-state index in [1.54, 1.807) is 9.80 Å². The first-order chi connectivity index (χ1) is 16.6. The smallest absolute Gasteiger partial charge is 0.451 e. The number of alkyl halides is 3. The average molecular weight is 498 g/mol. The number of anilines is 2. The number of hydrogen-bond donors (Lipinski definition) is 0. The third-order valence-corrected chi connectivity index (χ3v) is 6.77. The molecule has 12 heteroatoms. The predicted molar refractivity (Wildman–Crippen MR) is 114 cm³/mol. The van der Waals surface area contributed by atoms with E-state index in [1.807, 2.05) is 0 Å². The largest absolute Gasteiger partial charge is 0.469 e. The topological polar surface area (TPSA) is 67.8 Å². The highest BCUT2D eigenvalue weighted by Gasteiger charge is 2.46. The Bertz CT molecular complexity index is 1120. The number of piperidine rings is 2. The number of aromatic nitrogens is 2. The predicted octanol–water partition coefficient (Wildman–Crippen LogP) is 4.11. The Hall–Kier alpha value is -3.02. The SMILES string of the molecule is O=C1CCCC2(CCN(c3cc(OC4COC4)nc(C(F)(F)F)n3)CC2)N1c1ccc(F)c(F)c1. The van der Waals surface area contributed by atoms with Gasteiger partial charge in [0.05, 0.1) is 18.8 Å². The van der Waals surface area contributed by atoms with E-state index >= 15 is 0 Å². The maximum atomic E-state index is 13.9. The zero-order chi connectivity index (χ0) is 24.8. The van der Waals surface area contributed by atoms with Crippen LogP contribution in [-0.4, -0.2) is 53.8 Å². The fourth-order valence-corrected chi connectivity index (χ4v) is 4.94. The molecule has 1 aromatic carbocycles. The summed E-state index contributed by atoms with van der Waals surface area (Å²) in [6.07, 6.45) is -2.67. The van der Waals surface area contributed by atoms with Gasteiger partial charge in [-0.2, -0.15) is 18.2 Å². The van der Waals surface area contributed by atoms with E-state index in [0.29, 0.717) is 38.8 Å². The van der Waals surface area contributed by atoms with Crippen molar-refractivity contribution >= 4 is 17.4 Å². The first-order valence-electron chi connectivity index (χ1n) is 11.4. The summed E-state index contributed by atoms with van der Waals surface area (Å²) in [5, 5.41) is 0. The van der Waals surface area contributed by atoms with Crippen LogP contribution >= 0.6 is 0 Å². The summed E-state index contributed by atoms with van der Waals surface area (Å²) >= 11 is 0. The van der Waals surface area contributed by atoms with E-state index < -0.39 is 29.2 Å². The molecular weight excluding hydrogens is 475 g/mol. The second-order valence-electron chi connectivity index (χ2n) is 9.06. The minimum atomic E-state index is -4.75. The van der Waals surface area contributed by atoms with E-state index in [9.17, 15) is 26.7 Å². The minimum absolute atomic E-state index is 0.0823. The Morgan fingerprint density at radius 3 is 2.40 bits per heavy atom. The molecule has 1 aromatic heterocycles. The van der Waals surface area contributed by atoms with E-state index in [0.717, 1.165) is 12.1 Å². The second-order valence-corrected chi connectivity index (χ2v) is 9.06. The summed E-state index contributed by atoms with van der Waals surface area (Å²) in [6, 6.07) is 4.76. The van der Waals surface area contributed by atoms with Crippen LogP contribution in [0.5, 0.6) is 5.88 Å². The van der Waals surface area contributed by atoms with Gasteiger partial charge < -0.3 is 19.3 Å². The Morgan fingerprint density at radius 1 is 1.03 bits per heavy atom. The zero-order valence-electron chi connectivity index (χ0n) is 18.7. The highest BCUT2D eigenvalue weighted by Crippen LogP contribution is 2.42. The summed E-state index contributed by atoms with van der Waals surface area (Å²) in [5.41, 5.74) is -0.361. The molecule has 3 aliphatic rings. The van der Waals surface area contributed by atoms with E-state index in [4.69, 9.17) is 9.47 Å². The molecule has 0 N–H and O–H groups in total. The summed E-state index contributed by atoms with van der Waals surface area (Å²) < 4.78 is 78.3. The summed E-state index contributed by atoms with van der Waals surface area (Å²) in [4.78, 5) is 23.4. The minimum Gasteiger partial charge on any atom is -0.469 e. The number of hydrogen-bond acceptors (Lipinski definition) is 6. The van der Waals surface area contributed by atoms with Crippen molar-refractivity contribution < 1.29 is 36.2 Å². The quantitative estimate of drug-likeness (QED) is 0.592. The molecule has 3 saturated heterocycles. The molecule has 1 amide bonds. The molecule has 35 heavy (non-hydrogen) atoms. The lowest BCUT2D eigenvalue weighted by Crippen LogP contribution is -2.60. The highest BCUT2D eigenvalue weighted by atomic mass is 19.4. The lowest BCUT2D eigenvalue weighted by Gasteiger charge is -2.51. The van der Waals surface area contributed by atoms with Crippen LogP contribution in [0.25, 0.3) is 0 Å². The second kappa shape index (κ2) is 8.89. The molecule has 4 heterocycles. The van der Waals surface area contributed by atoms with Gasteiger partial charge in [-0.3, -0.25) is 4.79 Å². The van der Waals surface area contributed by atoms with Gasteiger partial charge >= 0.3 is 6.18 Å². The molecule has 1 spiro atoms. The molecule has 3 fully saturated rings. The number of rotatable bonds is 4. The third-order valence-electron chi connectivity index (χ3n) is 6.77. The maximum Gasteiger partial charge on any atom is 0.451 e. The number of nitrogens with zero attached hydrogens (tertiary/aromatic N) is 4. The van der Waals surface area contributed by atoms with E-state index in [-0.39, 0.29) is 49.0 Å². The standard InChI is InChI=1S/C23H23F5N4O3/c24-16-4-3-14(10-17(16)25)32-20(33)2-1-5-22(32)6-8-31(9-7-22)18-11-19(35-15-12-34-13-15)30-21(29-18)23(26,27)28/h3-4,10-11,15H,1-2,5-9,12-13H2. The van der Waals surface area contributed by atoms with Crippen molar-refractivity contribution in [1.29, 1.82) is 0 Å². The highest BCUT2D eigenvalue weighted by molar-refractivity contribution is 5.95. The Kier molecular flexibility index (Phi) is 6.02. The summed E-state index contributed by atoms with van der Waals surface area (Å²) in [5.74, 6) is -3.61. The van der Waals surface area contributed by atoms with Crippen molar-refractivity contribution in [2.24, 2.45) is 0 Å². The number of ether oxygens (including phenoxy) is 2. The average Bonchev–Trinajstić information content (AvgIpc) is 2.78. The first kappa shape index (κ1) is 23.7. The number of carbonyl (C=O) groups is 1. The van der Waals surface area contributed by atoms with Crippen LogP contribution in [0.4, 0.5) is 33.5 Å². The van der Waals surface area contributed by atoms with Gasteiger partial charge in [-0.1, -0.05) is 0 Å². The number of benzene rings is 1. The Labute approximate surface area is 197 Å². The molecule has 3 aliphatic heterocycles. The van der Waals surface area contributed by atoms with Gasteiger partial charge in [0.1, 0.15) is 11.9 Å². The van der Waals surface area contributed by atoms with Crippen molar-refractivity contribution in [2.45, 2.75) is 49.9 Å². The van der Waals surface area contributed by atoms with Gasteiger partial charge in [-0.15, -0.1) is 0 Å². The molecule has 0 radical (unpaired) electrons. The summed E-state index contributed by atoms with van der Waals surface area (Å²) in [7, 11) is 0.